The topological polar surface area (TPSA) is 122 Å². The zero-order chi connectivity index (χ0) is 17.4. The lowest BCUT2D eigenvalue weighted by Gasteiger charge is -2.27. The molecule has 1 aromatic heterocycles. The molecule has 0 spiro atoms. The molecular formula is C13H21N5O4S2. The minimum atomic E-state index is -2.99. The highest BCUT2D eigenvalue weighted by Crippen LogP contribution is 2.23. The fraction of sp³-hybridized carbons (Fsp3) is 0.769. The standard InChI is InChI=1S/C13H21N5O4S2/c1-2-18(11-4-6-24(21,22)9-11)12-7-14-17-13(16-12)15-10-3-5-23(19,20)8-10/h7,10-11H,2-6,8-9H2,1H3,(H,15,16,17). The van der Waals surface area contributed by atoms with Gasteiger partial charge in [0.2, 0.25) is 5.95 Å². The summed E-state index contributed by atoms with van der Waals surface area (Å²) in [6.45, 7) is 2.54. The van der Waals surface area contributed by atoms with Gasteiger partial charge in [0.1, 0.15) is 0 Å². The van der Waals surface area contributed by atoms with Crippen LogP contribution in [-0.4, -0.2) is 73.7 Å². The molecule has 3 rings (SSSR count). The van der Waals surface area contributed by atoms with Crippen molar-refractivity contribution in [2.45, 2.75) is 31.8 Å². The minimum Gasteiger partial charge on any atom is -0.351 e. The zero-order valence-electron chi connectivity index (χ0n) is 13.4. The molecule has 2 aliphatic rings. The van der Waals surface area contributed by atoms with E-state index in [2.05, 4.69) is 20.5 Å². The van der Waals surface area contributed by atoms with Gasteiger partial charge in [-0.3, -0.25) is 0 Å². The largest absolute Gasteiger partial charge is 0.351 e. The molecule has 0 bridgehead atoms. The van der Waals surface area contributed by atoms with Crippen molar-refractivity contribution in [1.29, 1.82) is 0 Å². The molecule has 2 aliphatic heterocycles. The van der Waals surface area contributed by atoms with Crippen molar-refractivity contribution in [1.82, 2.24) is 15.2 Å². The van der Waals surface area contributed by atoms with E-state index >= 15 is 0 Å². The van der Waals surface area contributed by atoms with Crippen molar-refractivity contribution in [3.8, 4) is 0 Å². The Morgan fingerprint density at radius 2 is 1.88 bits per heavy atom. The first-order valence-electron chi connectivity index (χ1n) is 7.92. The quantitative estimate of drug-likeness (QED) is 0.724. The molecular weight excluding hydrogens is 354 g/mol. The number of rotatable bonds is 5. The Hall–Kier alpha value is -1.49. The fourth-order valence-corrected chi connectivity index (χ4v) is 6.62. The van der Waals surface area contributed by atoms with Crippen LogP contribution in [0.25, 0.3) is 0 Å². The maximum absolute atomic E-state index is 11.7. The first-order valence-corrected chi connectivity index (χ1v) is 11.6. The van der Waals surface area contributed by atoms with Gasteiger partial charge < -0.3 is 10.2 Å². The van der Waals surface area contributed by atoms with E-state index in [0.717, 1.165) is 0 Å². The molecule has 11 heteroatoms. The Bertz CT molecular complexity index is 811. The van der Waals surface area contributed by atoms with E-state index in [1.807, 2.05) is 11.8 Å². The van der Waals surface area contributed by atoms with E-state index in [-0.39, 0.29) is 41.0 Å². The molecule has 2 saturated heterocycles. The third-order valence-electron chi connectivity index (χ3n) is 4.40. The molecule has 3 heterocycles. The number of hydrogen-bond donors (Lipinski definition) is 1. The zero-order valence-corrected chi connectivity index (χ0v) is 15.1. The number of sulfone groups is 2. The van der Waals surface area contributed by atoms with Crippen molar-refractivity contribution >= 4 is 31.4 Å². The Morgan fingerprint density at radius 1 is 1.17 bits per heavy atom. The number of hydrogen-bond acceptors (Lipinski definition) is 9. The highest BCUT2D eigenvalue weighted by atomic mass is 32.2. The van der Waals surface area contributed by atoms with Gasteiger partial charge >= 0.3 is 0 Å². The summed E-state index contributed by atoms with van der Waals surface area (Å²) in [6, 6.07) is -0.328. The minimum absolute atomic E-state index is 0.0684. The van der Waals surface area contributed by atoms with Crippen LogP contribution in [0.3, 0.4) is 0 Å². The summed E-state index contributed by atoms with van der Waals surface area (Å²) in [6.07, 6.45) is 2.60. The van der Waals surface area contributed by atoms with Crippen molar-refractivity contribution in [3.63, 3.8) is 0 Å². The fourth-order valence-electron chi connectivity index (χ4n) is 3.21. The predicted octanol–water partition coefficient (Wildman–Crippen LogP) is -0.516. The summed E-state index contributed by atoms with van der Waals surface area (Å²) in [5, 5.41) is 10.8. The molecule has 0 aliphatic carbocycles. The molecule has 1 aromatic rings. The van der Waals surface area contributed by atoms with Crippen LogP contribution in [0.1, 0.15) is 19.8 Å². The Kier molecular flexibility index (Phi) is 4.65. The number of aromatic nitrogens is 3. The first-order chi connectivity index (χ1) is 11.3. The maximum atomic E-state index is 11.7. The summed E-state index contributed by atoms with van der Waals surface area (Å²) in [5.74, 6) is 1.37. The predicted molar refractivity (Wildman–Crippen MR) is 90.6 cm³/mol. The molecule has 2 unspecified atom stereocenters. The van der Waals surface area contributed by atoms with Gasteiger partial charge in [-0.1, -0.05) is 0 Å². The lowest BCUT2D eigenvalue weighted by molar-refractivity contribution is 0.598. The number of nitrogens with zero attached hydrogens (tertiary/aromatic N) is 4. The lowest BCUT2D eigenvalue weighted by Crippen LogP contribution is -2.37. The van der Waals surface area contributed by atoms with E-state index in [9.17, 15) is 16.8 Å². The summed E-state index contributed by atoms with van der Waals surface area (Å²) in [7, 11) is -5.98. The van der Waals surface area contributed by atoms with Gasteiger partial charge in [0.05, 0.1) is 29.2 Å². The van der Waals surface area contributed by atoms with Crippen LogP contribution in [0.2, 0.25) is 0 Å². The van der Waals surface area contributed by atoms with Crippen LogP contribution in [0.4, 0.5) is 11.8 Å². The van der Waals surface area contributed by atoms with Crippen LogP contribution in [0.5, 0.6) is 0 Å². The van der Waals surface area contributed by atoms with Gasteiger partial charge in [-0.15, -0.1) is 5.10 Å². The van der Waals surface area contributed by atoms with Crippen LogP contribution in [0.15, 0.2) is 6.20 Å². The number of nitrogens with one attached hydrogen (secondary N) is 1. The van der Waals surface area contributed by atoms with Crippen LogP contribution >= 0.6 is 0 Å². The number of anilines is 2. The SMILES string of the molecule is CCN(c1cnnc(NC2CCS(=O)(=O)C2)n1)C1CCS(=O)(=O)C1. The molecule has 0 aromatic carbocycles. The monoisotopic (exact) mass is 375 g/mol. The summed E-state index contributed by atoms with van der Waals surface area (Å²) in [4.78, 5) is 6.31. The lowest BCUT2D eigenvalue weighted by atomic mass is 10.2. The molecule has 0 saturated carbocycles. The first kappa shape index (κ1) is 17.3. The highest BCUT2D eigenvalue weighted by molar-refractivity contribution is 7.91. The molecule has 2 atom stereocenters. The Balaban J connectivity index is 1.74. The van der Waals surface area contributed by atoms with Crippen LogP contribution in [-0.2, 0) is 19.7 Å². The van der Waals surface area contributed by atoms with E-state index < -0.39 is 19.7 Å². The van der Waals surface area contributed by atoms with Crippen LogP contribution < -0.4 is 10.2 Å². The second kappa shape index (κ2) is 6.43. The Morgan fingerprint density at radius 3 is 2.46 bits per heavy atom. The van der Waals surface area contributed by atoms with E-state index in [0.29, 0.717) is 25.2 Å². The molecule has 2 fully saturated rings. The molecule has 0 radical (unpaired) electrons. The van der Waals surface area contributed by atoms with Gasteiger partial charge in [0.25, 0.3) is 0 Å². The third-order valence-corrected chi connectivity index (χ3v) is 7.91. The van der Waals surface area contributed by atoms with E-state index in [4.69, 9.17) is 0 Å². The van der Waals surface area contributed by atoms with Crippen molar-refractivity contribution in [2.75, 3.05) is 39.8 Å². The van der Waals surface area contributed by atoms with Crippen molar-refractivity contribution in [2.24, 2.45) is 0 Å². The summed E-state index contributed by atoms with van der Waals surface area (Å²) in [5.41, 5.74) is 0. The second-order valence-electron chi connectivity index (χ2n) is 6.23. The molecule has 0 amide bonds. The average Bonchev–Trinajstić information content (AvgIpc) is 3.02. The van der Waals surface area contributed by atoms with Gasteiger partial charge in [0, 0.05) is 18.6 Å². The average molecular weight is 375 g/mol. The smallest absolute Gasteiger partial charge is 0.244 e. The third kappa shape index (κ3) is 3.94. The van der Waals surface area contributed by atoms with E-state index in [1.165, 1.54) is 6.20 Å². The Labute approximate surface area is 141 Å². The summed E-state index contributed by atoms with van der Waals surface area (Å²) < 4.78 is 46.5. The molecule has 1 N–H and O–H groups in total. The van der Waals surface area contributed by atoms with E-state index in [1.54, 1.807) is 0 Å². The van der Waals surface area contributed by atoms with Gasteiger partial charge in [-0.25, -0.2) is 16.8 Å². The van der Waals surface area contributed by atoms with Crippen LogP contribution in [0, 0.1) is 0 Å². The summed E-state index contributed by atoms with van der Waals surface area (Å²) >= 11 is 0. The maximum Gasteiger partial charge on any atom is 0.244 e. The molecule has 134 valence electrons. The van der Waals surface area contributed by atoms with Gasteiger partial charge in [-0.05, 0) is 19.8 Å². The van der Waals surface area contributed by atoms with Crippen molar-refractivity contribution in [3.05, 3.63) is 6.20 Å². The van der Waals surface area contributed by atoms with Gasteiger partial charge in [0.15, 0.2) is 25.5 Å². The van der Waals surface area contributed by atoms with Gasteiger partial charge in [-0.2, -0.15) is 10.1 Å². The molecule has 24 heavy (non-hydrogen) atoms. The highest BCUT2D eigenvalue weighted by Gasteiger charge is 2.33. The second-order valence-corrected chi connectivity index (χ2v) is 10.7. The van der Waals surface area contributed by atoms with Crippen molar-refractivity contribution < 1.29 is 16.8 Å². The molecule has 9 nitrogen and oxygen atoms in total. The normalized spacial score (nSPS) is 27.9.